The molecule has 0 saturated heterocycles. The van der Waals surface area contributed by atoms with E-state index in [1.165, 1.54) is 32.7 Å². The number of halogens is 1. The summed E-state index contributed by atoms with van der Waals surface area (Å²) in [5, 5.41) is 10.1. The third-order valence-corrected chi connectivity index (χ3v) is 13.5. The average Bonchev–Trinajstić information content (AvgIpc) is 4.02. The van der Waals surface area contributed by atoms with Crippen molar-refractivity contribution in [1.82, 2.24) is 4.57 Å². The molecule has 1 aliphatic heterocycles. The van der Waals surface area contributed by atoms with E-state index in [0.717, 1.165) is 88.7 Å². The summed E-state index contributed by atoms with van der Waals surface area (Å²) in [7, 11) is 0. The zero-order valence-corrected chi connectivity index (χ0v) is 32.5. The van der Waals surface area contributed by atoms with E-state index in [1.807, 2.05) is 24.3 Å². The monoisotopic (exact) mass is 844 g/mol. The molecule has 1 aliphatic rings. The first-order chi connectivity index (χ1) is 28.1. The fraction of sp³-hybridized carbons (Fsp3) is 0.0392. The number of para-hydroxylation sites is 2. The lowest BCUT2D eigenvalue weighted by atomic mass is 9.88. The lowest BCUT2D eigenvalue weighted by molar-refractivity contribution is 0.510. The maximum absolute atomic E-state index is 6.82. The van der Waals surface area contributed by atoms with Crippen molar-refractivity contribution < 1.29 is 13.3 Å². The van der Waals surface area contributed by atoms with E-state index < -0.39 is 3.42 Å². The minimum atomic E-state index is -0.616. The van der Waals surface area contributed by atoms with Gasteiger partial charge >= 0.3 is 0 Å². The fourth-order valence-electron chi connectivity index (χ4n) is 9.41. The van der Waals surface area contributed by atoms with Gasteiger partial charge in [0, 0.05) is 38.7 Å². The Morgan fingerprint density at radius 1 is 0.491 bits per heavy atom. The van der Waals surface area contributed by atoms with Gasteiger partial charge in [-0.25, -0.2) is 4.99 Å². The first kappa shape index (κ1) is 31.6. The minimum absolute atomic E-state index is 0.589. The van der Waals surface area contributed by atoms with Gasteiger partial charge in [-0.3, -0.25) is 4.57 Å². The second-order valence-electron chi connectivity index (χ2n) is 15.1. The molecular weight excluding hydrogens is 815 g/mol. The lowest BCUT2D eigenvalue weighted by Gasteiger charge is -2.31. The molecule has 12 aromatic rings. The highest BCUT2D eigenvalue weighted by Gasteiger charge is 2.43. The molecular formula is C51H29IN2O3. The van der Waals surface area contributed by atoms with Gasteiger partial charge in [0.2, 0.25) is 0 Å². The molecule has 57 heavy (non-hydrogen) atoms. The smallest absolute Gasteiger partial charge is 0.151 e. The van der Waals surface area contributed by atoms with Gasteiger partial charge in [-0.2, -0.15) is 0 Å². The number of benzene rings is 8. The molecule has 4 aromatic heterocycles. The molecule has 0 bridgehead atoms. The Labute approximate surface area is 338 Å². The predicted octanol–water partition coefficient (Wildman–Crippen LogP) is 14.8. The van der Waals surface area contributed by atoms with E-state index in [9.17, 15) is 0 Å². The van der Waals surface area contributed by atoms with E-state index in [4.69, 9.17) is 18.2 Å². The summed E-state index contributed by atoms with van der Waals surface area (Å²) in [4.78, 5) is 5.56. The van der Waals surface area contributed by atoms with Crippen molar-refractivity contribution in [2.75, 3.05) is 0 Å². The van der Waals surface area contributed by atoms with Crippen molar-refractivity contribution in [2.24, 2.45) is 4.99 Å². The largest absolute Gasteiger partial charge is 0.457 e. The molecule has 0 saturated carbocycles. The standard InChI is InChI=1S/C51H29IN2O3/c52-51(32-20-21-36-44(27-32)55-43-25-22-35-34-14-6-8-16-41(34)56-49(35)47(36)43)28-45(53-48-37-15-7-9-17-42(37)57-50(48)51)54-39-23-19-31(29-10-2-1-3-11-29)26-38(39)46-33-13-5-4-12-30(33)18-24-40(46)54/h1-27H,28H2/t51-/m0/s1. The van der Waals surface area contributed by atoms with Gasteiger partial charge in [-0.15, -0.1) is 0 Å². The molecule has 0 radical (unpaired) electrons. The van der Waals surface area contributed by atoms with Crippen molar-refractivity contribution >= 4 is 122 Å². The summed E-state index contributed by atoms with van der Waals surface area (Å²) >= 11 is 2.62. The topological polar surface area (TPSA) is 56.7 Å². The summed E-state index contributed by atoms with van der Waals surface area (Å²) in [6.45, 7) is 0. The second kappa shape index (κ2) is 11.5. The van der Waals surface area contributed by atoms with Crippen molar-refractivity contribution in [1.29, 1.82) is 0 Å². The molecule has 0 spiro atoms. The minimum Gasteiger partial charge on any atom is -0.457 e. The summed E-state index contributed by atoms with van der Waals surface area (Å²) in [6, 6.07) is 57.9. The SMILES string of the molecule is I[C@]1(c2ccc3c(c2)oc2ccc4c5ccccc5oc4c23)CC(n2c3ccc(-c4ccccc4)cc3c3c4ccccc4ccc32)=Nc2c1oc1ccccc21. The van der Waals surface area contributed by atoms with Gasteiger partial charge in [0.15, 0.2) is 5.76 Å². The van der Waals surface area contributed by atoms with Crippen LogP contribution in [0.4, 0.5) is 5.69 Å². The number of nitrogens with zero attached hydrogens (tertiary/aromatic N) is 2. The molecule has 0 aliphatic carbocycles. The van der Waals surface area contributed by atoms with E-state index in [2.05, 4.69) is 167 Å². The van der Waals surface area contributed by atoms with Crippen LogP contribution < -0.4 is 0 Å². The Morgan fingerprint density at radius 3 is 2.11 bits per heavy atom. The quantitative estimate of drug-likeness (QED) is 0.129. The number of rotatable bonds is 2. The predicted molar refractivity (Wildman–Crippen MR) is 242 cm³/mol. The van der Waals surface area contributed by atoms with Gasteiger partial charge in [-0.1, -0.05) is 132 Å². The molecule has 0 fully saturated rings. The maximum atomic E-state index is 6.82. The van der Waals surface area contributed by atoms with Crippen LogP contribution >= 0.6 is 22.6 Å². The zero-order valence-electron chi connectivity index (χ0n) is 30.3. The van der Waals surface area contributed by atoms with Crippen molar-refractivity contribution in [3.8, 4) is 11.1 Å². The number of hydrogen-bond acceptors (Lipinski definition) is 4. The van der Waals surface area contributed by atoms with Crippen molar-refractivity contribution in [3.05, 3.63) is 175 Å². The second-order valence-corrected chi connectivity index (χ2v) is 17.0. The normalized spacial score (nSPS) is 15.9. The Morgan fingerprint density at radius 2 is 1.23 bits per heavy atom. The molecule has 268 valence electrons. The van der Waals surface area contributed by atoms with Crippen molar-refractivity contribution in [2.45, 2.75) is 9.84 Å². The average molecular weight is 845 g/mol. The Balaban J connectivity index is 1.06. The van der Waals surface area contributed by atoms with E-state index in [1.54, 1.807) is 0 Å². The summed E-state index contributed by atoms with van der Waals surface area (Å²) in [6.07, 6.45) is 0.589. The maximum Gasteiger partial charge on any atom is 0.151 e. The van der Waals surface area contributed by atoms with Crippen LogP contribution in [0.25, 0.3) is 98.6 Å². The highest BCUT2D eigenvalue weighted by Crippen LogP contribution is 2.54. The molecule has 5 heterocycles. The van der Waals surface area contributed by atoms with Gasteiger partial charge in [0.1, 0.15) is 42.9 Å². The van der Waals surface area contributed by atoms with Gasteiger partial charge in [0.05, 0.1) is 16.4 Å². The number of fused-ring (bicyclic) bond motifs is 15. The number of furan rings is 3. The molecule has 8 aromatic carbocycles. The highest BCUT2D eigenvalue weighted by molar-refractivity contribution is 14.1. The van der Waals surface area contributed by atoms with Crippen LogP contribution in [0, 0.1) is 0 Å². The number of aromatic nitrogens is 1. The zero-order chi connectivity index (χ0) is 37.4. The molecule has 1 atom stereocenters. The van der Waals surface area contributed by atoms with Crippen LogP contribution in [-0.2, 0) is 3.42 Å². The van der Waals surface area contributed by atoms with Crippen molar-refractivity contribution in [3.63, 3.8) is 0 Å². The molecule has 13 rings (SSSR count). The van der Waals surface area contributed by atoms with Crippen LogP contribution in [0.1, 0.15) is 17.7 Å². The summed E-state index contributed by atoms with van der Waals surface area (Å²) < 4.78 is 21.7. The van der Waals surface area contributed by atoms with Gasteiger partial charge in [-0.05, 0) is 82.1 Å². The summed E-state index contributed by atoms with van der Waals surface area (Å²) in [5.41, 5.74) is 10.7. The fourth-order valence-corrected chi connectivity index (χ4v) is 10.5. The van der Waals surface area contributed by atoms with Crippen LogP contribution in [0.5, 0.6) is 0 Å². The summed E-state index contributed by atoms with van der Waals surface area (Å²) in [5.74, 6) is 1.81. The number of aliphatic imine (C=N–C) groups is 1. The molecule has 0 unspecified atom stereocenters. The van der Waals surface area contributed by atoms with E-state index in [0.29, 0.717) is 6.42 Å². The van der Waals surface area contributed by atoms with Crippen LogP contribution in [0.2, 0.25) is 0 Å². The Hall–Kier alpha value is -6.64. The third-order valence-electron chi connectivity index (χ3n) is 12.0. The first-order valence-electron chi connectivity index (χ1n) is 19.2. The first-order valence-corrected chi connectivity index (χ1v) is 20.3. The number of alkyl halides is 1. The van der Waals surface area contributed by atoms with Crippen LogP contribution in [0.3, 0.4) is 0 Å². The number of hydrogen-bond donors (Lipinski definition) is 0. The Kier molecular flexibility index (Phi) is 6.34. The molecule has 0 N–H and O–H groups in total. The molecule has 0 amide bonds. The lowest BCUT2D eigenvalue weighted by Crippen LogP contribution is -2.29. The Bertz CT molecular complexity index is 3700. The van der Waals surface area contributed by atoms with Crippen LogP contribution in [0.15, 0.2) is 182 Å². The van der Waals surface area contributed by atoms with Gasteiger partial charge in [0.25, 0.3) is 0 Å². The molecule has 5 nitrogen and oxygen atoms in total. The van der Waals surface area contributed by atoms with E-state index >= 15 is 0 Å². The van der Waals surface area contributed by atoms with Gasteiger partial charge < -0.3 is 13.3 Å². The highest BCUT2D eigenvalue weighted by atomic mass is 127. The third kappa shape index (κ3) is 4.36. The van der Waals surface area contributed by atoms with Crippen LogP contribution in [-0.4, -0.2) is 10.4 Å². The van der Waals surface area contributed by atoms with E-state index in [-0.39, 0.29) is 0 Å². The molecule has 6 heteroatoms.